The van der Waals surface area contributed by atoms with Gasteiger partial charge in [0.05, 0.1) is 26.4 Å². The fourth-order valence-electron chi connectivity index (χ4n) is 5.41. The first-order chi connectivity index (χ1) is 20.7. The zero-order chi connectivity index (χ0) is 31.4. The molecule has 0 saturated carbocycles. The summed E-state index contributed by atoms with van der Waals surface area (Å²) in [6.07, 6.45) is -6.37. The second-order valence-corrected chi connectivity index (χ2v) is 11.2. The number of ether oxygens (including phenoxy) is 6. The van der Waals surface area contributed by atoms with Gasteiger partial charge in [-0.05, 0) is 6.42 Å². The molecule has 3 fully saturated rings. The summed E-state index contributed by atoms with van der Waals surface area (Å²) in [7, 11) is 0. The number of hydrogen-bond acceptors (Lipinski definition) is 13. The molecule has 0 bridgehead atoms. The van der Waals surface area contributed by atoms with Crippen LogP contribution in [0.25, 0.3) is 0 Å². The van der Waals surface area contributed by atoms with E-state index < -0.39 is 87.1 Å². The Morgan fingerprint density at radius 3 is 2.12 bits per heavy atom. The Morgan fingerprint density at radius 2 is 1.47 bits per heavy atom. The van der Waals surface area contributed by atoms with Crippen LogP contribution in [0.5, 0.6) is 0 Å². The molecule has 0 aliphatic carbocycles. The van der Waals surface area contributed by atoms with Crippen LogP contribution in [0.15, 0.2) is 0 Å². The Bertz CT molecular complexity index is 832. The van der Waals surface area contributed by atoms with Crippen LogP contribution in [0, 0.1) is 0 Å². The van der Waals surface area contributed by atoms with E-state index >= 15 is 0 Å². The normalized spacial score (nSPS) is 35.1. The smallest absolute Gasteiger partial charge is 0.248 e. The lowest BCUT2D eigenvalue weighted by atomic mass is 9.95. The van der Waals surface area contributed by atoms with Crippen molar-refractivity contribution >= 4 is 11.8 Å². The maximum absolute atomic E-state index is 12.7. The Labute approximate surface area is 252 Å². The van der Waals surface area contributed by atoms with Crippen LogP contribution in [-0.2, 0) is 38.0 Å². The van der Waals surface area contributed by atoms with Crippen LogP contribution in [0.3, 0.4) is 0 Å². The minimum absolute atomic E-state index is 0.292. The standard InChI is InChI=1S/C28H50N2O13/c1-3-4-5-6-7-8-11-39-27-21(29-17(2)33)25(23(36)19(15-32)41-27)43-28-26(24(37)22(35)18(14-31)42-28)40-16-20(34)30-9-12-38-13-10-30/h18-19,21-28,31-32,35-37H,3-16H2,1-2H3,(H,29,33)/t18-,19-,21-,22+,23-,24+,25-,26-,27-,28+/m1/s1. The molecule has 0 spiro atoms. The molecule has 6 N–H and O–H groups in total. The van der Waals surface area contributed by atoms with Gasteiger partial charge in [0.1, 0.15) is 55.4 Å². The number of nitrogens with one attached hydrogen (secondary N) is 1. The molecule has 0 aromatic carbocycles. The van der Waals surface area contributed by atoms with Gasteiger partial charge in [-0.2, -0.15) is 0 Å². The number of unbranched alkanes of at least 4 members (excludes halogenated alkanes) is 5. The van der Waals surface area contributed by atoms with E-state index in [0.717, 1.165) is 38.5 Å². The summed E-state index contributed by atoms with van der Waals surface area (Å²) in [6.45, 7) is 3.46. The van der Waals surface area contributed by atoms with Crippen LogP contribution in [-0.4, -0.2) is 156 Å². The fraction of sp³-hybridized carbons (Fsp3) is 0.929. The molecule has 3 aliphatic heterocycles. The topological polar surface area (TPSA) is 206 Å². The van der Waals surface area contributed by atoms with E-state index in [0.29, 0.717) is 32.9 Å². The molecule has 2 amide bonds. The SMILES string of the molecule is CCCCCCCCO[C@@H]1O[C@H](CO)[C@@H](O)[C@H](O[C@@H]2O[C@H](CO)[C@H](O)[C@H](O)[C@H]2OCC(=O)N2CCOCC2)[C@H]1NC(C)=O. The van der Waals surface area contributed by atoms with Gasteiger partial charge in [0.25, 0.3) is 0 Å². The molecule has 43 heavy (non-hydrogen) atoms. The monoisotopic (exact) mass is 622 g/mol. The lowest BCUT2D eigenvalue weighted by molar-refractivity contribution is -0.349. The molecule has 3 saturated heterocycles. The van der Waals surface area contributed by atoms with Crippen LogP contribution in [0.1, 0.15) is 52.4 Å². The van der Waals surface area contributed by atoms with Crippen LogP contribution >= 0.6 is 0 Å². The first-order valence-corrected chi connectivity index (χ1v) is 15.3. The van der Waals surface area contributed by atoms with Gasteiger partial charge >= 0.3 is 0 Å². The van der Waals surface area contributed by atoms with Gasteiger partial charge in [-0.15, -0.1) is 0 Å². The lowest BCUT2D eigenvalue weighted by Crippen LogP contribution is -2.68. The van der Waals surface area contributed by atoms with Gasteiger partial charge < -0.3 is 64.2 Å². The number of morpholine rings is 1. The lowest BCUT2D eigenvalue weighted by Gasteiger charge is -2.48. The van der Waals surface area contributed by atoms with Crippen molar-refractivity contribution in [1.82, 2.24) is 10.2 Å². The zero-order valence-electron chi connectivity index (χ0n) is 25.1. The zero-order valence-corrected chi connectivity index (χ0v) is 25.1. The number of hydrogen-bond donors (Lipinski definition) is 6. The highest BCUT2D eigenvalue weighted by molar-refractivity contribution is 5.77. The Kier molecular flexibility index (Phi) is 15.4. The van der Waals surface area contributed by atoms with Gasteiger partial charge in [-0.25, -0.2) is 0 Å². The fourth-order valence-corrected chi connectivity index (χ4v) is 5.41. The van der Waals surface area contributed by atoms with Crippen molar-refractivity contribution in [3.63, 3.8) is 0 Å². The van der Waals surface area contributed by atoms with Crippen LogP contribution in [0.2, 0.25) is 0 Å². The van der Waals surface area contributed by atoms with E-state index in [2.05, 4.69) is 12.2 Å². The molecular formula is C28H50N2O13. The third kappa shape index (κ3) is 10.3. The van der Waals surface area contributed by atoms with Crippen molar-refractivity contribution in [3.8, 4) is 0 Å². The Morgan fingerprint density at radius 1 is 0.837 bits per heavy atom. The van der Waals surface area contributed by atoms with Crippen molar-refractivity contribution in [3.05, 3.63) is 0 Å². The molecule has 3 rings (SSSR count). The maximum Gasteiger partial charge on any atom is 0.248 e. The highest BCUT2D eigenvalue weighted by Crippen LogP contribution is 2.31. The van der Waals surface area contributed by atoms with Gasteiger partial charge in [-0.1, -0.05) is 39.0 Å². The second-order valence-electron chi connectivity index (χ2n) is 11.2. The molecular weight excluding hydrogens is 572 g/mol. The first-order valence-electron chi connectivity index (χ1n) is 15.3. The summed E-state index contributed by atoms with van der Waals surface area (Å²) in [6, 6.07) is -1.08. The third-order valence-corrected chi connectivity index (χ3v) is 7.88. The molecule has 0 unspecified atom stereocenters. The predicted molar refractivity (Wildman–Crippen MR) is 148 cm³/mol. The molecule has 0 aromatic rings. The molecule has 15 heteroatoms. The van der Waals surface area contributed by atoms with Crippen molar-refractivity contribution in [2.24, 2.45) is 0 Å². The number of carbonyl (C=O) groups is 2. The van der Waals surface area contributed by atoms with E-state index in [4.69, 9.17) is 28.4 Å². The van der Waals surface area contributed by atoms with E-state index in [-0.39, 0.29) is 5.91 Å². The minimum Gasteiger partial charge on any atom is -0.394 e. The van der Waals surface area contributed by atoms with Gasteiger partial charge in [0.2, 0.25) is 11.8 Å². The second kappa shape index (κ2) is 18.5. The summed E-state index contributed by atoms with van der Waals surface area (Å²) >= 11 is 0. The molecule has 0 radical (unpaired) electrons. The number of nitrogens with zero attached hydrogens (tertiary/aromatic N) is 1. The van der Waals surface area contributed by atoms with Crippen molar-refractivity contribution in [1.29, 1.82) is 0 Å². The molecule has 10 atom stereocenters. The number of carbonyl (C=O) groups excluding carboxylic acids is 2. The molecule has 3 aliphatic rings. The summed E-state index contributed by atoms with van der Waals surface area (Å²) in [4.78, 5) is 26.5. The number of rotatable bonds is 16. The number of amides is 2. The first kappa shape index (κ1) is 36.0. The van der Waals surface area contributed by atoms with Gasteiger partial charge in [0.15, 0.2) is 12.6 Å². The summed E-state index contributed by atoms with van der Waals surface area (Å²) in [5.74, 6) is -0.846. The molecule has 15 nitrogen and oxygen atoms in total. The van der Waals surface area contributed by atoms with Crippen LogP contribution < -0.4 is 5.32 Å². The average Bonchev–Trinajstić information content (AvgIpc) is 3.00. The van der Waals surface area contributed by atoms with E-state index in [9.17, 15) is 35.1 Å². The molecule has 0 aromatic heterocycles. The largest absolute Gasteiger partial charge is 0.394 e. The highest BCUT2D eigenvalue weighted by atomic mass is 16.7. The van der Waals surface area contributed by atoms with Crippen molar-refractivity contribution in [2.45, 2.75) is 114 Å². The third-order valence-electron chi connectivity index (χ3n) is 7.88. The van der Waals surface area contributed by atoms with Gasteiger partial charge in [0, 0.05) is 26.6 Å². The Hall–Kier alpha value is -1.50. The number of aliphatic hydroxyl groups excluding tert-OH is 5. The number of aliphatic hydroxyl groups is 5. The van der Waals surface area contributed by atoms with Crippen molar-refractivity contribution < 1.29 is 63.5 Å². The summed E-state index contributed by atoms with van der Waals surface area (Å²) in [5.41, 5.74) is 0. The van der Waals surface area contributed by atoms with Crippen molar-refractivity contribution in [2.75, 3.05) is 52.7 Å². The predicted octanol–water partition coefficient (Wildman–Crippen LogP) is -1.99. The summed E-state index contributed by atoms with van der Waals surface area (Å²) < 4.78 is 34.6. The molecule has 3 heterocycles. The highest BCUT2D eigenvalue weighted by Gasteiger charge is 2.52. The molecule has 250 valence electrons. The quantitative estimate of drug-likeness (QED) is 0.103. The summed E-state index contributed by atoms with van der Waals surface area (Å²) in [5, 5.41) is 54.9. The van der Waals surface area contributed by atoms with E-state index in [1.807, 2.05) is 0 Å². The van der Waals surface area contributed by atoms with E-state index in [1.54, 1.807) is 0 Å². The average molecular weight is 623 g/mol. The minimum atomic E-state index is -1.64. The van der Waals surface area contributed by atoms with Crippen LogP contribution in [0.4, 0.5) is 0 Å². The maximum atomic E-state index is 12.7. The van der Waals surface area contributed by atoms with E-state index in [1.165, 1.54) is 11.8 Å². The Balaban J connectivity index is 1.76. The van der Waals surface area contributed by atoms with Gasteiger partial charge in [-0.3, -0.25) is 9.59 Å².